The highest BCUT2D eigenvalue weighted by Gasteiger charge is 2.27. The summed E-state index contributed by atoms with van der Waals surface area (Å²) < 4.78 is 0. The Hall–Kier alpha value is -1.93. The second kappa shape index (κ2) is 10.0. The minimum Gasteiger partial charge on any atom is -0.344 e. The third kappa shape index (κ3) is 6.04. The lowest BCUT2D eigenvalue weighted by molar-refractivity contribution is -1.00. The molecule has 0 aliphatic carbocycles. The van der Waals surface area contributed by atoms with E-state index in [9.17, 15) is 9.59 Å². The number of quaternary nitrogens is 2. The molecule has 1 atom stereocenters. The number of halogens is 1. The first-order chi connectivity index (χ1) is 13.5. The summed E-state index contributed by atoms with van der Waals surface area (Å²) in [5.41, 5.74) is 0.648. The van der Waals surface area contributed by atoms with Crippen molar-refractivity contribution in [2.24, 2.45) is 0 Å². The number of hydrogen-bond acceptors (Lipinski definition) is 3. The van der Waals surface area contributed by atoms with E-state index < -0.39 is 0 Å². The fourth-order valence-corrected chi connectivity index (χ4v) is 4.34. The van der Waals surface area contributed by atoms with Crippen LogP contribution in [0.2, 0.25) is 5.02 Å². The Balaban J connectivity index is 1.37. The first-order valence-electron chi connectivity index (χ1n) is 9.55. The van der Waals surface area contributed by atoms with Gasteiger partial charge in [0.1, 0.15) is 26.2 Å². The van der Waals surface area contributed by atoms with Gasteiger partial charge in [0.15, 0.2) is 13.1 Å². The number of para-hydroxylation sites is 1. The van der Waals surface area contributed by atoms with Crippen molar-refractivity contribution in [2.45, 2.75) is 13.0 Å². The average Bonchev–Trinajstić information content (AvgIpc) is 3.20. The maximum Gasteiger partial charge on any atom is 0.279 e. The largest absolute Gasteiger partial charge is 0.344 e. The van der Waals surface area contributed by atoms with Gasteiger partial charge in [0.2, 0.25) is 0 Å². The lowest BCUT2D eigenvalue weighted by atomic mass is 10.2. The maximum absolute atomic E-state index is 12.3. The number of carbonyl (C=O) groups is 2. The number of carbonyl (C=O) groups excluding carboxylic acids is 2. The van der Waals surface area contributed by atoms with Crippen molar-refractivity contribution in [3.63, 3.8) is 0 Å². The molecule has 0 bridgehead atoms. The molecule has 2 aromatic rings. The molecule has 2 amide bonds. The van der Waals surface area contributed by atoms with Gasteiger partial charge in [-0.05, 0) is 30.5 Å². The summed E-state index contributed by atoms with van der Waals surface area (Å²) in [5.74, 6) is 0.0462. The number of benzene rings is 1. The van der Waals surface area contributed by atoms with Crippen LogP contribution in [0.1, 0.15) is 17.8 Å². The van der Waals surface area contributed by atoms with E-state index in [1.165, 1.54) is 14.7 Å². The summed E-state index contributed by atoms with van der Waals surface area (Å²) in [7, 11) is 0. The molecule has 1 aromatic carbocycles. The van der Waals surface area contributed by atoms with E-state index in [0.29, 0.717) is 23.8 Å². The van der Waals surface area contributed by atoms with Crippen molar-refractivity contribution in [3.05, 3.63) is 51.7 Å². The summed E-state index contributed by atoms with van der Waals surface area (Å²) in [6.45, 7) is 6.43. The highest BCUT2D eigenvalue weighted by Crippen LogP contribution is 2.20. The Bertz CT molecular complexity index is 791. The van der Waals surface area contributed by atoms with Crippen LogP contribution in [0.25, 0.3) is 0 Å². The van der Waals surface area contributed by atoms with Crippen molar-refractivity contribution < 1.29 is 19.4 Å². The van der Waals surface area contributed by atoms with Crippen molar-refractivity contribution in [1.82, 2.24) is 5.32 Å². The SMILES string of the molecule is C[C@H](NC(=O)C[NH+]1CC[NH+](CC(=O)Nc2ccccc2Cl)CC1)c1cccs1. The molecule has 0 saturated carbocycles. The van der Waals surface area contributed by atoms with Crippen LogP contribution in [-0.4, -0.2) is 51.1 Å². The van der Waals surface area contributed by atoms with Crippen LogP contribution in [0.3, 0.4) is 0 Å². The van der Waals surface area contributed by atoms with E-state index >= 15 is 0 Å². The lowest BCUT2D eigenvalue weighted by Gasteiger charge is -2.29. The van der Waals surface area contributed by atoms with Gasteiger partial charge in [0.05, 0.1) is 16.8 Å². The third-order valence-electron chi connectivity index (χ3n) is 4.98. The Labute approximate surface area is 174 Å². The molecule has 3 rings (SSSR count). The Morgan fingerprint density at radius 3 is 2.29 bits per heavy atom. The number of rotatable bonds is 7. The van der Waals surface area contributed by atoms with Crippen molar-refractivity contribution >= 4 is 40.4 Å². The van der Waals surface area contributed by atoms with Crippen LogP contribution in [0.15, 0.2) is 41.8 Å². The van der Waals surface area contributed by atoms with Gasteiger partial charge in [-0.15, -0.1) is 11.3 Å². The number of piperazine rings is 1. The van der Waals surface area contributed by atoms with Gasteiger partial charge < -0.3 is 20.4 Å². The second-order valence-corrected chi connectivity index (χ2v) is 8.57. The van der Waals surface area contributed by atoms with Crippen LogP contribution in [0.5, 0.6) is 0 Å². The minimum atomic E-state index is -0.0333. The quantitative estimate of drug-likeness (QED) is 0.507. The van der Waals surface area contributed by atoms with Crippen molar-refractivity contribution in [2.75, 3.05) is 44.6 Å². The average molecular weight is 423 g/mol. The van der Waals surface area contributed by atoms with Gasteiger partial charge in [-0.3, -0.25) is 9.59 Å². The standard InChI is InChI=1S/C20H25ClN4O2S/c1-15(18-7-4-12-28-18)22-19(26)13-24-8-10-25(11-9-24)14-20(27)23-17-6-3-2-5-16(17)21/h2-7,12,15H,8-11,13-14H2,1H3,(H,22,26)(H,23,27)/p+2/t15-/m0/s1. The highest BCUT2D eigenvalue weighted by atomic mass is 35.5. The van der Waals surface area contributed by atoms with Crippen LogP contribution in [0.4, 0.5) is 5.69 Å². The summed E-state index contributed by atoms with van der Waals surface area (Å²) >= 11 is 7.74. The highest BCUT2D eigenvalue weighted by molar-refractivity contribution is 7.10. The van der Waals surface area contributed by atoms with Gasteiger partial charge >= 0.3 is 0 Å². The molecule has 0 spiro atoms. The number of anilines is 1. The van der Waals surface area contributed by atoms with Crippen LogP contribution in [0, 0.1) is 0 Å². The molecule has 0 unspecified atom stereocenters. The van der Waals surface area contributed by atoms with Gasteiger partial charge in [-0.2, -0.15) is 0 Å². The molecule has 1 aliphatic heterocycles. The molecule has 8 heteroatoms. The molecule has 1 aliphatic rings. The zero-order valence-electron chi connectivity index (χ0n) is 16.0. The van der Waals surface area contributed by atoms with E-state index in [1.807, 2.05) is 36.6 Å². The molecule has 6 nitrogen and oxygen atoms in total. The molecule has 4 N–H and O–H groups in total. The van der Waals surface area contributed by atoms with E-state index in [-0.39, 0.29) is 17.9 Å². The number of thiophene rings is 1. The van der Waals surface area contributed by atoms with Crippen molar-refractivity contribution in [1.29, 1.82) is 0 Å². The van der Waals surface area contributed by atoms with E-state index in [2.05, 4.69) is 10.6 Å². The molecule has 1 aromatic heterocycles. The normalized spacial score (nSPS) is 20.4. The second-order valence-electron chi connectivity index (χ2n) is 7.19. The number of nitrogens with one attached hydrogen (secondary N) is 4. The number of amides is 2. The van der Waals surface area contributed by atoms with Crippen LogP contribution < -0.4 is 20.4 Å². The first kappa shape index (κ1) is 20.8. The fraction of sp³-hybridized carbons (Fsp3) is 0.400. The Kier molecular flexibility index (Phi) is 7.44. The lowest BCUT2D eigenvalue weighted by Crippen LogP contribution is -3.28. The molecule has 28 heavy (non-hydrogen) atoms. The minimum absolute atomic E-state index is 0.0333. The summed E-state index contributed by atoms with van der Waals surface area (Å²) in [4.78, 5) is 28.2. The summed E-state index contributed by atoms with van der Waals surface area (Å²) in [6, 6.07) is 11.3. The van der Waals surface area contributed by atoms with E-state index in [1.54, 1.807) is 23.5 Å². The van der Waals surface area contributed by atoms with Crippen LogP contribution >= 0.6 is 22.9 Å². The summed E-state index contributed by atoms with van der Waals surface area (Å²) in [6.07, 6.45) is 0. The molecule has 2 heterocycles. The van der Waals surface area contributed by atoms with Crippen molar-refractivity contribution in [3.8, 4) is 0 Å². The van der Waals surface area contributed by atoms with E-state index in [0.717, 1.165) is 26.2 Å². The predicted octanol–water partition coefficient (Wildman–Crippen LogP) is 0.000800. The molecular weight excluding hydrogens is 396 g/mol. The molecular formula is C20H27ClN4O2S+2. The van der Waals surface area contributed by atoms with Gasteiger partial charge in [0.25, 0.3) is 11.8 Å². The molecule has 1 saturated heterocycles. The predicted molar refractivity (Wildman–Crippen MR) is 112 cm³/mol. The summed E-state index contributed by atoms with van der Waals surface area (Å²) in [5, 5.41) is 8.51. The Morgan fingerprint density at radius 1 is 1.04 bits per heavy atom. The first-order valence-corrected chi connectivity index (χ1v) is 10.8. The molecule has 150 valence electrons. The zero-order chi connectivity index (χ0) is 19.9. The number of hydrogen-bond donors (Lipinski definition) is 4. The zero-order valence-corrected chi connectivity index (χ0v) is 17.5. The van der Waals surface area contributed by atoms with Gasteiger partial charge in [-0.1, -0.05) is 29.8 Å². The topological polar surface area (TPSA) is 67.1 Å². The van der Waals surface area contributed by atoms with Gasteiger partial charge in [-0.25, -0.2) is 0 Å². The maximum atomic E-state index is 12.3. The van der Waals surface area contributed by atoms with Crippen LogP contribution in [-0.2, 0) is 9.59 Å². The molecule has 1 fully saturated rings. The molecule has 0 radical (unpaired) electrons. The van der Waals surface area contributed by atoms with E-state index in [4.69, 9.17) is 11.6 Å². The Morgan fingerprint density at radius 2 is 1.68 bits per heavy atom. The monoisotopic (exact) mass is 422 g/mol. The fourth-order valence-electron chi connectivity index (χ4n) is 3.42. The smallest absolute Gasteiger partial charge is 0.279 e. The third-order valence-corrected chi connectivity index (χ3v) is 6.37. The van der Waals surface area contributed by atoms with Gasteiger partial charge in [0, 0.05) is 4.88 Å².